The Labute approximate surface area is 371 Å². The zero-order valence-electron chi connectivity index (χ0n) is 35.5. The molecule has 0 amide bonds. The van der Waals surface area contributed by atoms with Gasteiger partial charge in [-0.25, -0.2) is 0 Å². The summed E-state index contributed by atoms with van der Waals surface area (Å²) in [5, 5.41) is 7.18. The van der Waals surface area contributed by atoms with Gasteiger partial charge in [0.2, 0.25) is 0 Å². The van der Waals surface area contributed by atoms with Crippen molar-refractivity contribution in [2.45, 2.75) is 19.3 Å². The summed E-state index contributed by atoms with van der Waals surface area (Å²) < 4.78 is 2.38. The van der Waals surface area contributed by atoms with Gasteiger partial charge in [0.25, 0.3) is 0 Å². The van der Waals surface area contributed by atoms with E-state index >= 15 is 0 Å². The third kappa shape index (κ3) is 5.54. The van der Waals surface area contributed by atoms with E-state index in [-0.39, 0.29) is 5.41 Å². The third-order valence-corrected chi connectivity index (χ3v) is 13.9. The highest BCUT2D eigenvalue weighted by Crippen LogP contribution is 2.51. The lowest BCUT2D eigenvalue weighted by Gasteiger charge is -2.23. The van der Waals surface area contributed by atoms with Crippen LogP contribution in [0.25, 0.3) is 116 Å². The fraction of sp³-hybridized carbons (Fsp3) is 0.0492. The van der Waals surface area contributed by atoms with Crippen molar-refractivity contribution in [1.82, 2.24) is 14.5 Å². The van der Waals surface area contributed by atoms with Crippen LogP contribution in [0.3, 0.4) is 0 Å². The normalized spacial score (nSPS) is 13.0. The summed E-state index contributed by atoms with van der Waals surface area (Å²) in [5.74, 6) is 0. The van der Waals surface area contributed by atoms with Crippen LogP contribution in [-0.2, 0) is 5.41 Å². The quantitative estimate of drug-likeness (QED) is 0.162. The molecule has 0 N–H and O–H groups in total. The molecule has 12 aromatic rings. The van der Waals surface area contributed by atoms with Gasteiger partial charge in [-0.1, -0.05) is 153 Å². The van der Waals surface area contributed by atoms with Crippen LogP contribution in [0, 0.1) is 0 Å². The molecule has 64 heavy (non-hydrogen) atoms. The molecule has 0 bridgehead atoms. The topological polar surface area (TPSA) is 30.7 Å². The molecule has 0 saturated carbocycles. The van der Waals surface area contributed by atoms with Crippen LogP contribution in [-0.4, -0.2) is 14.5 Å². The Morgan fingerprint density at radius 3 is 1.42 bits per heavy atom. The Morgan fingerprint density at radius 1 is 0.328 bits per heavy atom. The first-order valence-electron chi connectivity index (χ1n) is 22.1. The summed E-state index contributed by atoms with van der Waals surface area (Å²) in [7, 11) is 0. The van der Waals surface area contributed by atoms with Gasteiger partial charge < -0.3 is 4.57 Å². The number of nitrogens with zero attached hydrogens (tertiary/aromatic N) is 3. The Hall–Kier alpha value is -8.14. The van der Waals surface area contributed by atoms with E-state index in [1.165, 1.54) is 99.5 Å². The van der Waals surface area contributed by atoms with Gasteiger partial charge in [-0.15, -0.1) is 0 Å². The van der Waals surface area contributed by atoms with Gasteiger partial charge in [-0.2, -0.15) is 0 Å². The molecule has 1 aliphatic carbocycles. The van der Waals surface area contributed by atoms with Crippen molar-refractivity contribution in [3.05, 3.63) is 224 Å². The summed E-state index contributed by atoms with van der Waals surface area (Å²) in [5.41, 5.74) is 20.3. The SMILES string of the molecule is CC1(C)c2cc(-c3cccc(-c4cccc(-c5ccc6c7ccccc7c7nccnc7c6c5)c4)c3)ccc2-c2ccc(-c3ccc4c(c3)c3ccccc3n4-c3ccccc3)cc21. The molecule has 300 valence electrons. The zero-order chi connectivity index (χ0) is 42.5. The number of fused-ring (bicyclic) bond motifs is 12. The van der Waals surface area contributed by atoms with Gasteiger partial charge >= 0.3 is 0 Å². The molecule has 0 fully saturated rings. The standard InChI is InChI=1S/C61H41N3/c1-61(2)55-36-44(23-27-49(55)50-28-24-45(37-56(50)61)43-25-29-58-53(34-43)51-19-8-9-21-57(51)64(58)46-16-4-3-5-17-46)41-15-11-13-39(33-41)38-12-10-14-40(32-38)42-22-26-48-47-18-6-7-20-52(47)59-60(54(48)35-42)63-31-30-62-59/h3-37H,1-2H3. The highest BCUT2D eigenvalue weighted by molar-refractivity contribution is 6.23. The number of aromatic nitrogens is 3. The largest absolute Gasteiger partial charge is 0.309 e. The predicted octanol–water partition coefficient (Wildman–Crippen LogP) is 16.0. The average Bonchev–Trinajstić information content (AvgIpc) is 3.81. The first kappa shape index (κ1) is 36.5. The maximum Gasteiger partial charge on any atom is 0.0971 e. The maximum atomic E-state index is 4.82. The van der Waals surface area contributed by atoms with E-state index < -0.39 is 0 Å². The summed E-state index contributed by atoms with van der Waals surface area (Å²) in [6.45, 7) is 4.77. The van der Waals surface area contributed by atoms with Crippen LogP contribution >= 0.6 is 0 Å². The molecular weight excluding hydrogens is 775 g/mol. The Kier molecular flexibility index (Phi) is 7.95. The molecule has 2 heterocycles. The van der Waals surface area contributed by atoms with Crippen LogP contribution in [0.2, 0.25) is 0 Å². The summed E-state index contributed by atoms with van der Waals surface area (Å²) in [6, 6.07) is 73.8. The molecule has 0 saturated heterocycles. The van der Waals surface area contributed by atoms with E-state index in [4.69, 9.17) is 9.97 Å². The Bertz CT molecular complexity index is 3840. The van der Waals surface area contributed by atoms with Gasteiger partial charge in [-0.05, 0) is 138 Å². The van der Waals surface area contributed by atoms with Gasteiger partial charge in [0, 0.05) is 45.0 Å². The molecule has 0 spiro atoms. The molecule has 13 rings (SSSR count). The number of hydrogen-bond acceptors (Lipinski definition) is 2. The lowest BCUT2D eigenvalue weighted by atomic mass is 9.80. The van der Waals surface area contributed by atoms with Crippen molar-refractivity contribution >= 4 is 54.4 Å². The Morgan fingerprint density at radius 2 is 0.781 bits per heavy atom. The van der Waals surface area contributed by atoms with Crippen LogP contribution in [0.1, 0.15) is 25.0 Å². The fourth-order valence-corrected chi connectivity index (χ4v) is 10.7. The van der Waals surface area contributed by atoms with Crippen molar-refractivity contribution in [2.24, 2.45) is 0 Å². The van der Waals surface area contributed by atoms with E-state index in [0.717, 1.165) is 27.4 Å². The molecule has 3 nitrogen and oxygen atoms in total. The second kappa shape index (κ2) is 13.9. The predicted molar refractivity (Wildman–Crippen MR) is 268 cm³/mol. The van der Waals surface area contributed by atoms with Crippen LogP contribution in [0.4, 0.5) is 0 Å². The molecule has 0 unspecified atom stereocenters. The first-order chi connectivity index (χ1) is 31.5. The smallest absolute Gasteiger partial charge is 0.0971 e. The van der Waals surface area contributed by atoms with Gasteiger partial charge in [0.15, 0.2) is 0 Å². The number of hydrogen-bond donors (Lipinski definition) is 0. The number of para-hydroxylation sites is 2. The molecule has 10 aromatic carbocycles. The van der Waals surface area contributed by atoms with Crippen LogP contribution in [0.5, 0.6) is 0 Å². The lowest BCUT2D eigenvalue weighted by molar-refractivity contribution is 0.661. The van der Waals surface area contributed by atoms with Gasteiger partial charge in [0.05, 0.1) is 22.1 Å². The minimum atomic E-state index is -0.168. The minimum absolute atomic E-state index is 0.168. The zero-order valence-corrected chi connectivity index (χ0v) is 35.5. The van der Waals surface area contributed by atoms with Crippen molar-refractivity contribution in [2.75, 3.05) is 0 Å². The van der Waals surface area contributed by atoms with Crippen LogP contribution in [0.15, 0.2) is 213 Å². The molecule has 3 heteroatoms. The van der Waals surface area contributed by atoms with Gasteiger partial charge in [-0.3, -0.25) is 9.97 Å². The maximum absolute atomic E-state index is 4.82. The number of benzene rings is 10. The second-order valence-electron chi connectivity index (χ2n) is 17.8. The highest BCUT2D eigenvalue weighted by atomic mass is 15.0. The summed E-state index contributed by atoms with van der Waals surface area (Å²) in [4.78, 5) is 9.58. The average molecular weight is 816 g/mol. The molecule has 0 radical (unpaired) electrons. The third-order valence-electron chi connectivity index (χ3n) is 13.9. The van der Waals surface area contributed by atoms with E-state index in [2.05, 4.69) is 219 Å². The van der Waals surface area contributed by atoms with E-state index in [1.807, 2.05) is 0 Å². The Balaban J connectivity index is 0.832. The second-order valence-corrected chi connectivity index (χ2v) is 17.8. The molecule has 1 aliphatic rings. The monoisotopic (exact) mass is 815 g/mol. The minimum Gasteiger partial charge on any atom is -0.309 e. The highest BCUT2D eigenvalue weighted by Gasteiger charge is 2.36. The van der Waals surface area contributed by atoms with Crippen molar-refractivity contribution in [3.63, 3.8) is 0 Å². The molecule has 0 atom stereocenters. The lowest BCUT2D eigenvalue weighted by Crippen LogP contribution is -2.15. The van der Waals surface area contributed by atoms with E-state index in [9.17, 15) is 0 Å². The molecule has 0 aliphatic heterocycles. The number of rotatable bonds is 5. The fourth-order valence-electron chi connectivity index (χ4n) is 10.7. The van der Waals surface area contributed by atoms with Crippen molar-refractivity contribution in [1.29, 1.82) is 0 Å². The van der Waals surface area contributed by atoms with Crippen LogP contribution < -0.4 is 0 Å². The van der Waals surface area contributed by atoms with Crippen molar-refractivity contribution < 1.29 is 0 Å². The van der Waals surface area contributed by atoms with Gasteiger partial charge in [0.1, 0.15) is 0 Å². The van der Waals surface area contributed by atoms with E-state index in [0.29, 0.717) is 0 Å². The molecule has 2 aromatic heterocycles. The summed E-state index contributed by atoms with van der Waals surface area (Å²) in [6.07, 6.45) is 3.58. The summed E-state index contributed by atoms with van der Waals surface area (Å²) >= 11 is 0. The molecular formula is C61H41N3. The first-order valence-corrected chi connectivity index (χ1v) is 22.1. The van der Waals surface area contributed by atoms with E-state index in [1.54, 1.807) is 12.4 Å². The van der Waals surface area contributed by atoms with Crippen molar-refractivity contribution in [3.8, 4) is 61.3 Å².